The number of aromatic nitrogens is 1. The van der Waals surface area contributed by atoms with Crippen molar-refractivity contribution in [1.29, 1.82) is 0 Å². The molecule has 1 fully saturated rings. The molecule has 2 rings (SSSR count). The largest absolute Gasteiger partial charge is 0.307 e. The topological polar surface area (TPSA) is 24.9 Å². The van der Waals surface area contributed by atoms with Crippen molar-refractivity contribution in [1.82, 2.24) is 10.3 Å². The highest BCUT2D eigenvalue weighted by molar-refractivity contribution is 7.09. The summed E-state index contributed by atoms with van der Waals surface area (Å²) in [6, 6.07) is 0. The lowest BCUT2D eigenvalue weighted by molar-refractivity contribution is 0.255. The number of nitrogens with one attached hydrogen (secondary N) is 1. The summed E-state index contributed by atoms with van der Waals surface area (Å²) in [4.78, 5) is 5.67. The van der Waals surface area contributed by atoms with Crippen LogP contribution in [-0.2, 0) is 6.54 Å². The number of thiazole rings is 1. The van der Waals surface area contributed by atoms with Crippen LogP contribution in [0.1, 0.15) is 50.1 Å². The first-order chi connectivity index (χ1) is 7.59. The van der Waals surface area contributed by atoms with E-state index in [1.807, 2.05) is 5.51 Å². The van der Waals surface area contributed by atoms with Crippen molar-refractivity contribution in [3.63, 3.8) is 0 Å². The zero-order valence-corrected chi connectivity index (χ0v) is 11.4. The predicted octanol–water partition coefficient (Wildman–Crippen LogP) is 3.51. The van der Waals surface area contributed by atoms with Crippen molar-refractivity contribution >= 4 is 11.3 Å². The van der Waals surface area contributed by atoms with Crippen LogP contribution in [0.25, 0.3) is 0 Å². The van der Waals surface area contributed by atoms with E-state index < -0.39 is 0 Å². The monoisotopic (exact) mass is 238 g/mol. The second-order valence-electron chi connectivity index (χ2n) is 5.42. The van der Waals surface area contributed by atoms with Crippen molar-refractivity contribution < 1.29 is 0 Å². The van der Waals surface area contributed by atoms with E-state index in [4.69, 9.17) is 0 Å². The van der Waals surface area contributed by atoms with Gasteiger partial charge >= 0.3 is 0 Å². The Hall–Kier alpha value is -0.410. The summed E-state index contributed by atoms with van der Waals surface area (Å²) in [7, 11) is 0. The molecule has 1 aliphatic carbocycles. The third-order valence-electron chi connectivity index (χ3n) is 3.93. The van der Waals surface area contributed by atoms with Crippen molar-refractivity contribution in [3.8, 4) is 0 Å². The van der Waals surface area contributed by atoms with Gasteiger partial charge in [0.25, 0.3) is 0 Å². The van der Waals surface area contributed by atoms with E-state index in [1.54, 1.807) is 11.3 Å². The maximum atomic E-state index is 4.29. The van der Waals surface area contributed by atoms with Crippen LogP contribution in [0.5, 0.6) is 0 Å². The fourth-order valence-electron chi connectivity index (χ4n) is 2.60. The molecule has 0 amide bonds. The molecule has 1 saturated carbocycles. The van der Waals surface area contributed by atoms with Crippen LogP contribution in [0, 0.1) is 12.8 Å². The Balaban J connectivity index is 1.91. The van der Waals surface area contributed by atoms with Crippen molar-refractivity contribution in [2.75, 3.05) is 0 Å². The number of aryl methyl sites for hydroxylation is 1. The molecule has 0 aliphatic heterocycles. The van der Waals surface area contributed by atoms with E-state index in [2.05, 4.69) is 31.1 Å². The minimum atomic E-state index is 0.271. The summed E-state index contributed by atoms with van der Waals surface area (Å²) in [6.45, 7) is 7.76. The summed E-state index contributed by atoms with van der Waals surface area (Å²) < 4.78 is 0. The summed E-state index contributed by atoms with van der Waals surface area (Å²) in [6.07, 6.45) is 5.61. The molecule has 0 spiro atoms. The van der Waals surface area contributed by atoms with E-state index in [0.29, 0.717) is 0 Å². The smallest absolute Gasteiger partial charge is 0.0798 e. The van der Waals surface area contributed by atoms with Gasteiger partial charge in [-0.1, -0.05) is 12.8 Å². The van der Waals surface area contributed by atoms with Gasteiger partial charge in [0.1, 0.15) is 0 Å². The SMILES string of the molecule is Cc1ncsc1CNC(C)(C)C1CCCC1. The average Bonchev–Trinajstić information content (AvgIpc) is 2.85. The first-order valence-corrected chi connectivity index (χ1v) is 7.11. The summed E-state index contributed by atoms with van der Waals surface area (Å²) in [5.41, 5.74) is 3.39. The molecule has 0 bridgehead atoms. The molecule has 3 heteroatoms. The summed E-state index contributed by atoms with van der Waals surface area (Å²) >= 11 is 1.76. The summed E-state index contributed by atoms with van der Waals surface area (Å²) in [5, 5.41) is 3.71. The van der Waals surface area contributed by atoms with Gasteiger partial charge in [0.05, 0.1) is 11.2 Å². The second kappa shape index (κ2) is 4.84. The molecule has 2 nitrogen and oxygen atoms in total. The molecule has 0 unspecified atom stereocenters. The van der Waals surface area contributed by atoms with Crippen LogP contribution in [0.2, 0.25) is 0 Å². The molecule has 1 N–H and O–H groups in total. The Kier molecular flexibility index (Phi) is 3.65. The third kappa shape index (κ3) is 2.64. The molecule has 1 aliphatic rings. The highest BCUT2D eigenvalue weighted by Crippen LogP contribution is 2.34. The van der Waals surface area contributed by atoms with E-state index in [-0.39, 0.29) is 5.54 Å². The van der Waals surface area contributed by atoms with Gasteiger partial charge in [-0.3, -0.25) is 0 Å². The minimum absolute atomic E-state index is 0.271. The lowest BCUT2D eigenvalue weighted by Crippen LogP contribution is -2.44. The molecule has 1 aromatic rings. The van der Waals surface area contributed by atoms with Crippen LogP contribution in [-0.4, -0.2) is 10.5 Å². The van der Waals surface area contributed by atoms with Crippen molar-refractivity contribution in [2.24, 2.45) is 5.92 Å². The van der Waals surface area contributed by atoms with E-state index >= 15 is 0 Å². The Labute approximate surface area is 102 Å². The Morgan fingerprint density at radius 3 is 2.69 bits per heavy atom. The Morgan fingerprint density at radius 1 is 1.44 bits per heavy atom. The van der Waals surface area contributed by atoms with E-state index in [9.17, 15) is 0 Å². The van der Waals surface area contributed by atoms with Crippen molar-refractivity contribution in [2.45, 2.75) is 58.5 Å². The van der Waals surface area contributed by atoms with Crippen LogP contribution < -0.4 is 5.32 Å². The molecule has 0 saturated heterocycles. The van der Waals surface area contributed by atoms with Gasteiger partial charge in [0, 0.05) is 17.0 Å². The van der Waals surface area contributed by atoms with E-state index in [0.717, 1.165) is 12.5 Å². The molecule has 90 valence electrons. The fourth-order valence-corrected chi connectivity index (χ4v) is 3.31. The Bertz CT molecular complexity index is 337. The van der Waals surface area contributed by atoms with E-state index in [1.165, 1.54) is 36.3 Å². The number of hydrogen-bond donors (Lipinski definition) is 1. The number of nitrogens with zero attached hydrogens (tertiary/aromatic N) is 1. The predicted molar refractivity (Wildman–Crippen MR) is 69.7 cm³/mol. The summed E-state index contributed by atoms with van der Waals surface area (Å²) in [5.74, 6) is 0.848. The standard InChI is InChI=1S/C13H22N2S/c1-10-12(16-9-14-10)8-15-13(2,3)11-6-4-5-7-11/h9,11,15H,4-8H2,1-3H3. The average molecular weight is 238 g/mol. The van der Waals surface area contributed by atoms with Gasteiger partial charge in [-0.25, -0.2) is 4.98 Å². The maximum absolute atomic E-state index is 4.29. The van der Waals surface area contributed by atoms with Gasteiger partial charge in [-0.05, 0) is 39.5 Å². The molecular weight excluding hydrogens is 216 g/mol. The van der Waals surface area contributed by atoms with Gasteiger partial charge in [0.15, 0.2) is 0 Å². The quantitative estimate of drug-likeness (QED) is 0.868. The van der Waals surface area contributed by atoms with Crippen molar-refractivity contribution in [3.05, 3.63) is 16.1 Å². The third-order valence-corrected chi connectivity index (χ3v) is 4.86. The molecular formula is C13H22N2S. The first-order valence-electron chi connectivity index (χ1n) is 6.23. The van der Waals surface area contributed by atoms with Gasteiger partial charge < -0.3 is 5.32 Å². The lowest BCUT2D eigenvalue weighted by atomic mass is 9.86. The van der Waals surface area contributed by atoms with Crippen LogP contribution in [0.3, 0.4) is 0 Å². The zero-order chi connectivity index (χ0) is 11.6. The van der Waals surface area contributed by atoms with Crippen LogP contribution in [0.15, 0.2) is 5.51 Å². The second-order valence-corrected chi connectivity index (χ2v) is 6.36. The van der Waals surface area contributed by atoms with Crippen LogP contribution >= 0.6 is 11.3 Å². The van der Waals surface area contributed by atoms with Gasteiger partial charge in [0.2, 0.25) is 0 Å². The molecule has 0 atom stereocenters. The minimum Gasteiger partial charge on any atom is -0.307 e. The molecule has 1 aromatic heterocycles. The highest BCUT2D eigenvalue weighted by Gasteiger charge is 2.31. The normalized spacial score (nSPS) is 18.2. The Morgan fingerprint density at radius 2 is 2.12 bits per heavy atom. The van der Waals surface area contributed by atoms with Crippen LogP contribution in [0.4, 0.5) is 0 Å². The molecule has 16 heavy (non-hydrogen) atoms. The zero-order valence-electron chi connectivity index (χ0n) is 10.5. The fraction of sp³-hybridized carbons (Fsp3) is 0.769. The van der Waals surface area contributed by atoms with Gasteiger partial charge in [-0.15, -0.1) is 11.3 Å². The lowest BCUT2D eigenvalue weighted by Gasteiger charge is -2.33. The first kappa shape index (κ1) is 12.1. The molecule has 1 heterocycles. The van der Waals surface area contributed by atoms with Gasteiger partial charge in [-0.2, -0.15) is 0 Å². The maximum Gasteiger partial charge on any atom is 0.0798 e. The number of hydrogen-bond acceptors (Lipinski definition) is 3. The molecule has 0 radical (unpaired) electrons. The molecule has 0 aromatic carbocycles. The number of rotatable bonds is 4. The highest BCUT2D eigenvalue weighted by atomic mass is 32.1.